The Morgan fingerprint density at radius 2 is 1.52 bits per heavy atom. The minimum atomic E-state index is 0.257. The molecule has 6 unspecified atom stereocenters. The first-order valence-corrected chi connectivity index (χ1v) is 11.4. The molecule has 0 spiro atoms. The van der Waals surface area contributed by atoms with Crippen molar-refractivity contribution < 1.29 is 5.11 Å². The third-order valence-electron chi connectivity index (χ3n) is 10.5. The monoisotopic (exact) mass is 366 g/mol. The Kier molecular flexibility index (Phi) is 3.57. The second-order valence-electron chi connectivity index (χ2n) is 12.1. The lowest BCUT2D eigenvalue weighted by atomic mass is 9.37. The number of fused-ring (bicyclic) bond motifs is 7. The molecule has 27 heavy (non-hydrogen) atoms. The van der Waals surface area contributed by atoms with Crippen LogP contribution in [0.4, 0.5) is 0 Å². The van der Waals surface area contributed by atoms with Crippen molar-refractivity contribution in [3.8, 4) is 5.75 Å². The highest BCUT2D eigenvalue weighted by Crippen LogP contribution is 2.72. The van der Waals surface area contributed by atoms with E-state index in [4.69, 9.17) is 0 Å². The van der Waals surface area contributed by atoms with Gasteiger partial charge in [-0.3, -0.25) is 0 Å². The number of hydrogen-bond acceptors (Lipinski definition) is 1. The molecule has 4 aliphatic carbocycles. The second-order valence-corrected chi connectivity index (χ2v) is 12.1. The van der Waals surface area contributed by atoms with E-state index >= 15 is 0 Å². The van der Waals surface area contributed by atoms with Gasteiger partial charge in [0.05, 0.1) is 0 Å². The van der Waals surface area contributed by atoms with Crippen molar-refractivity contribution in [3.63, 3.8) is 0 Å². The Morgan fingerprint density at radius 1 is 0.815 bits per heavy atom. The Morgan fingerprint density at radius 3 is 2.30 bits per heavy atom. The molecule has 1 aromatic carbocycles. The summed E-state index contributed by atoms with van der Waals surface area (Å²) >= 11 is 0. The molecule has 1 aromatic rings. The van der Waals surface area contributed by atoms with Crippen LogP contribution in [0.3, 0.4) is 0 Å². The number of phenolic OH excluding ortho intramolecular Hbond substituents is 1. The van der Waals surface area contributed by atoms with Crippen LogP contribution in [0.5, 0.6) is 5.75 Å². The quantitative estimate of drug-likeness (QED) is 0.531. The van der Waals surface area contributed by atoms with Crippen LogP contribution >= 0.6 is 0 Å². The van der Waals surface area contributed by atoms with Crippen LogP contribution in [0.25, 0.3) is 0 Å². The molecular weight excluding hydrogens is 328 g/mol. The molecule has 4 aliphatic rings. The van der Waals surface area contributed by atoms with Crippen molar-refractivity contribution >= 4 is 0 Å². The summed E-state index contributed by atoms with van der Waals surface area (Å²) in [5.41, 5.74) is 4.71. The molecule has 0 radical (unpaired) electrons. The fourth-order valence-corrected chi connectivity index (χ4v) is 9.38. The van der Waals surface area contributed by atoms with Crippen LogP contribution in [-0.4, -0.2) is 5.11 Å². The van der Waals surface area contributed by atoms with Crippen LogP contribution in [-0.2, 0) is 11.8 Å². The Labute approximate surface area is 166 Å². The van der Waals surface area contributed by atoms with Gasteiger partial charge in [0.25, 0.3) is 0 Å². The van der Waals surface area contributed by atoms with Crippen molar-refractivity contribution in [2.75, 3.05) is 0 Å². The minimum Gasteiger partial charge on any atom is -0.508 e. The van der Waals surface area contributed by atoms with Gasteiger partial charge in [0.15, 0.2) is 0 Å². The molecule has 1 N–H and O–H groups in total. The van der Waals surface area contributed by atoms with E-state index < -0.39 is 0 Å². The van der Waals surface area contributed by atoms with E-state index in [0.717, 1.165) is 17.8 Å². The van der Waals surface area contributed by atoms with Crippen molar-refractivity contribution in [1.29, 1.82) is 0 Å². The molecule has 0 aliphatic heterocycles. The molecule has 0 bridgehead atoms. The maximum absolute atomic E-state index is 10.2. The lowest BCUT2D eigenvalue weighted by Crippen LogP contribution is -2.61. The number of aromatic hydroxyl groups is 1. The van der Waals surface area contributed by atoms with Crippen molar-refractivity contribution in [2.24, 2.45) is 34.0 Å². The fraction of sp³-hybridized carbons (Fsp3) is 0.769. The molecule has 3 fully saturated rings. The molecule has 1 nitrogen and oxygen atoms in total. The summed E-state index contributed by atoms with van der Waals surface area (Å²) in [6, 6.07) is 6.21. The molecule has 0 saturated heterocycles. The van der Waals surface area contributed by atoms with E-state index in [2.05, 4.69) is 46.8 Å². The molecule has 0 heterocycles. The van der Waals surface area contributed by atoms with Gasteiger partial charge in [-0.15, -0.1) is 0 Å². The molecule has 1 heteroatoms. The van der Waals surface area contributed by atoms with E-state index in [9.17, 15) is 5.11 Å². The summed E-state index contributed by atoms with van der Waals surface area (Å²) in [6.07, 6.45) is 11.0. The lowest BCUT2D eigenvalue weighted by Gasteiger charge is -2.67. The van der Waals surface area contributed by atoms with Crippen LogP contribution < -0.4 is 0 Å². The molecule has 148 valence electrons. The normalized spacial score (nSPS) is 47.5. The zero-order valence-electron chi connectivity index (χ0n) is 18.1. The van der Waals surface area contributed by atoms with E-state index in [1.807, 2.05) is 6.07 Å². The van der Waals surface area contributed by atoms with Gasteiger partial charge < -0.3 is 5.11 Å². The third-order valence-corrected chi connectivity index (χ3v) is 10.5. The predicted molar refractivity (Wildman–Crippen MR) is 112 cm³/mol. The van der Waals surface area contributed by atoms with Crippen LogP contribution in [0.1, 0.15) is 90.7 Å². The van der Waals surface area contributed by atoms with Gasteiger partial charge in [-0.1, -0.05) is 47.1 Å². The average molecular weight is 367 g/mol. The van der Waals surface area contributed by atoms with E-state index in [1.54, 1.807) is 0 Å². The van der Waals surface area contributed by atoms with Gasteiger partial charge in [0, 0.05) is 0 Å². The average Bonchev–Trinajstić information content (AvgIpc) is 2.87. The maximum Gasteiger partial charge on any atom is 0.115 e. The predicted octanol–water partition coefficient (Wildman–Crippen LogP) is 6.86. The number of benzene rings is 1. The van der Waals surface area contributed by atoms with E-state index in [-0.39, 0.29) is 5.41 Å². The van der Waals surface area contributed by atoms with E-state index in [0.29, 0.717) is 22.0 Å². The standard InChI is InChI=1S/C26H38O/c1-23(2)11-6-12-25(4)20(23)9-14-26(5)21(25)10-13-24(3)19-16-18(27)8-7-17(19)15-22(24)26/h7-8,16,20-22,27H,6,9-15H2,1-5H3. The summed E-state index contributed by atoms with van der Waals surface area (Å²) in [6.45, 7) is 13.0. The largest absolute Gasteiger partial charge is 0.508 e. The van der Waals surface area contributed by atoms with Gasteiger partial charge in [0.1, 0.15) is 5.75 Å². The zero-order chi connectivity index (χ0) is 19.2. The van der Waals surface area contributed by atoms with Gasteiger partial charge in [0.2, 0.25) is 0 Å². The van der Waals surface area contributed by atoms with Gasteiger partial charge in [-0.05, 0) is 108 Å². The molecule has 0 amide bonds. The highest BCUT2D eigenvalue weighted by Gasteiger charge is 2.65. The van der Waals surface area contributed by atoms with Gasteiger partial charge >= 0.3 is 0 Å². The smallest absolute Gasteiger partial charge is 0.115 e. The highest BCUT2D eigenvalue weighted by atomic mass is 16.3. The Hall–Kier alpha value is -0.980. The summed E-state index contributed by atoms with van der Waals surface area (Å²) in [5.74, 6) is 2.95. The summed E-state index contributed by atoms with van der Waals surface area (Å²) < 4.78 is 0. The van der Waals surface area contributed by atoms with Gasteiger partial charge in [-0.2, -0.15) is 0 Å². The summed E-state index contributed by atoms with van der Waals surface area (Å²) in [7, 11) is 0. The Balaban J connectivity index is 1.57. The van der Waals surface area contributed by atoms with Crippen molar-refractivity contribution in [1.82, 2.24) is 0 Å². The third kappa shape index (κ3) is 2.18. The Bertz CT molecular complexity index is 778. The number of hydrogen-bond donors (Lipinski definition) is 1. The SMILES string of the molecule is CC1(C)CCCC2(C)C1CCC1(C)C3Cc4ccc(O)cc4C3(C)CCC21. The molecular formula is C26H38O. The highest BCUT2D eigenvalue weighted by molar-refractivity contribution is 5.46. The van der Waals surface area contributed by atoms with Gasteiger partial charge in [-0.25, -0.2) is 0 Å². The van der Waals surface area contributed by atoms with E-state index in [1.165, 1.54) is 62.5 Å². The first-order valence-electron chi connectivity index (χ1n) is 11.4. The zero-order valence-corrected chi connectivity index (χ0v) is 18.1. The molecule has 0 aromatic heterocycles. The van der Waals surface area contributed by atoms with Crippen LogP contribution in [0, 0.1) is 34.0 Å². The summed E-state index contributed by atoms with van der Waals surface area (Å²) in [5, 5.41) is 10.2. The first-order chi connectivity index (χ1) is 12.6. The van der Waals surface area contributed by atoms with Crippen LogP contribution in [0.15, 0.2) is 18.2 Å². The van der Waals surface area contributed by atoms with Crippen molar-refractivity contribution in [2.45, 2.75) is 91.4 Å². The maximum atomic E-state index is 10.2. The number of phenols is 1. The first kappa shape index (κ1) is 18.1. The molecule has 6 atom stereocenters. The molecule has 5 rings (SSSR count). The topological polar surface area (TPSA) is 20.2 Å². The van der Waals surface area contributed by atoms with Crippen LogP contribution in [0.2, 0.25) is 0 Å². The molecule has 3 saturated carbocycles. The summed E-state index contributed by atoms with van der Waals surface area (Å²) in [4.78, 5) is 0. The number of rotatable bonds is 0. The lowest BCUT2D eigenvalue weighted by molar-refractivity contribution is -0.175. The second kappa shape index (κ2) is 5.33. The fourth-order valence-electron chi connectivity index (χ4n) is 9.38. The minimum absolute atomic E-state index is 0.257. The van der Waals surface area contributed by atoms with Crippen molar-refractivity contribution in [3.05, 3.63) is 29.3 Å².